The van der Waals surface area contributed by atoms with Crippen LogP contribution in [0.15, 0.2) is 24.3 Å². The maximum Gasteiger partial charge on any atom is 0.238 e. The summed E-state index contributed by atoms with van der Waals surface area (Å²) in [4.78, 5) is 24.2. The van der Waals surface area contributed by atoms with Crippen LogP contribution in [0.3, 0.4) is 0 Å². The number of carbonyl (C=O) groups excluding carboxylic acids is 2. The molecule has 2 N–H and O–H groups in total. The molecule has 0 bridgehead atoms. The minimum absolute atomic E-state index is 0.0288. The highest BCUT2D eigenvalue weighted by atomic mass is 16.2. The lowest BCUT2D eigenvalue weighted by Gasteiger charge is -2.15. The van der Waals surface area contributed by atoms with Gasteiger partial charge in [-0.2, -0.15) is 0 Å². The Bertz CT molecular complexity index is 415. The summed E-state index contributed by atoms with van der Waals surface area (Å²) in [6.07, 6.45) is 0. The molecule has 0 fully saturated rings. The lowest BCUT2D eigenvalue weighted by molar-refractivity contribution is -0.116. The molecule has 1 rings (SSSR count). The monoisotopic (exact) mass is 249 g/mol. The highest BCUT2D eigenvalue weighted by Gasteiger charge is 2.06. The van der Waals surface area contributed by atoms with E-state index < -0.39 is 0 Å². The molecule has 18 heavy (non-hydrogen) atoms. The summed E-state index contributed by atoms with van der Waals surface area (Å²) in [5.74, 6) is -0.108. The summed E-state index contributed by atoms with van der Waals surface area (Å²) in [6, 6.07) is 7.14. The Labute approximate surface area is 107 Å². The Balaban J connectivity index is 2.60. The summed E-state index contributed by atoms with van der Waals surface area (Å²) in [6.45, 7) is 4.51. The van der Waals surface area contributed by atoms with Crippen LogP contribution in [0.1, 0.15) is 13.8 Å². The zero-order chi connectivity index (χ0) is 13.5. The van der Waals surface area contributed by atoms with E-state index in [1.807, 2.05) is 6.92 Å². The third-order valence-electron chi connectivity index (χ3n) is 2.55. The molecule has 5 heteroatoms. The Hall–Kier alpha value is -1.88. The predicted octanol–water partition coefficient (Wildman–Crippen LogP) is 1.22. The number of amides is 2. The molecule has 0 heterocycles. The maximum absolute atomic E-state index is 11.5. The summed E-state index contributed by atoms with van der Waals surface area (Å²) in [5, 5.41) is 5.72. The summed E-state index contributed by atoms with van der Waals surface area (Å²) < 4.78 is 0. The molecule has 0 saturated heterocycles. The first-order chi connectivity index (χ1) is 8.54. The van der Waals surface area contributed by atoms with Crippen LogP contribution < -0.4 is 15.5 Å². The van der Waals surface area contributed by atoms with Crippen LogP contribution in [-0.2, 0) is 9.59 Å². The minimum Gasteiger partial charge on any atom is -0.325 e. The standard InChI is InChI=1S/C13H19N3O2/c1-4-14-9-13(18)15-11-5-7-12(8-6-11)16(3)10(2)17/h5-8,14H,4,9H2,1-3H3,(H,15,18). The lowest BCUT2D eigenvalue weighted by Crippen LogP contribution is -2.27. The number of hydrogen-bond acceptors (Lipinski definition) is 3. The van der Waals surface area contributed by atoms with Gasteiger partial charge in [0.1, 0.15) is 0 Å². The zero-order valence-corrected chi connectivity index (χ0v) is 11.0. The Morgan fingerprint density at radius 3 is 2.33 bits per heavy atom. The fourth-order valence-electron chi connectivity index (χ4n) is 1.39. The number of likely N-dealkylation sites (N-methyl/N-ethyl adjacent to an activating group) is 1. The van der Waals surface area contributed by atoms with Crippen molar-refractivity contribution < 1.29 is 9.59 Å². The number of benzene rings is 1. The van der Waals surface area contributed by atoms with Crippen molar-refractivity contribution in [3.63, 3.8) is 0 Å². The van der Waals surface area contributed by atoms with E-state index in [1.165, 1.54) is 6.92 Å². The van der Waals surface area contributed by atoms with E-state index >= 15 is 0 Å². The van der Waals surface area contributed by atoms with E-state index in [2.05, 4.69) is 10.6 Å². The normalized spacial score (nSPS) is 9.94. The third-order valence-corrected chi connectivity index (χ3v) is 2.55. The number of nitrogens with one attached hydrogen (secondary N) is 2. The van der Waals surface area contributed by atoms with Gasteiger partial charge in [-0.3, -0.25) is 9.59 Å². The third kappa shape index (κ3) is 4.18. The highest BCUT2D eigenvalue weighted by Crippen LogP contribution is 2.16. The van der Waals surface area contributed by atoms with Gasteiger partial charge in [-0.1, -0.05) is 6.92 Å². The molecule has 0 unspecified atom stereocenters. The van der Waals surface area contributed by atoms with Crippen LogP contribution in [0.25, 0.3) is 0 Å². The molecule has 0 saturated carbocycles. The molecule has 0 aliphatic rings. The van der Waals surface area contributed by atoms with Gasteiger partial charge >= 0.3 is 0 Å². The molecule has 1 aromatic carbocycles. The average molecular weight is 249 g/mol. The molecule has 0 aliphatic carbocycles. The SMILES string of the molecule is CCNCC(=O)Nc1ccc(N(C)C(C)=O)cc1. The van der Waals surface area contributed by atoms with Crippen LogP contribution in [0.4, 0.5) is 11.4 Å². The largest absolute Gasteiger partial charge is 0.325 e. The average Bonchev–Trinajstić information content (AvgIpc) is 2.36. The van der Waals surface area contributed by atoms with Crippen molar-refractivity contribution in [2.75, 3.05) is 30.4 Å². The van der Waals surface area contributed by atoms with E-state index in [-0.39, 0.29) is 11.8 Å². The van der Waals surface area contributed by atoms with Gasteiger partial charge in [-0.25, -0.2) is 0 Å². The van der Waals surface area contributed by atoms with Crippen molar-refractivity contribution in [1.29, 1.82) is 0 Å². The molecule has 5 nitrogen and oxygen atoms in total. The minimum atomic E-state index is -0.0791. The number of carbonyl (C=O) groups is 2. The Morgan fingerprint density at radius 1 is 1.22 bits per heavy atom. The Morgan fingerprint density at radius 2 is 1.83 bits per heavy atom. The van der Waals surface area contributed by atoms with Gasteiger partial charge in [-0.15, -0.1) is 0 Å². The molecular formula is C13H19N3O2. The summed E-state index contributed by atoms with van der Waals surface area (Å²) in [7, 11) is 1.71. The fourth-order valence-corrected chi connectivity index (χ4v) is 1.39. The van der Waals surface area contributed by atoms with Crippen molar-refractivity contribution in [1.82, 2.24) is 5.32 Å². The molecule has 0 aromatic heterocycles. The van der Waals surface area contributed by atoms with E-state index in [9.17, 15) is 9.59 Å². The van der Waals surface area contributed by atoms with Crippen LogP contribution in [0.5, 0.6) is 0 Å². The topological polar surface area (TPSA) is 61.4 Å². The van der Waals surface area contributed by atoms with Gasteiger partial charge in [0.15, 0.2) is 0 Å². The second kappa shape index (κ2) is 6.76. The van der Waals surface area contributed by atoms with Gasteiger partial charge in [0.2, 0.25) is 11.8 Å². The molecule has 0 radical (unpaired) electrons. The number of rotatable bonds is 5. The molecule has 2 amide bonds. The Kier molecular flexibility index (Phi) is 5.32. The van der Waals surface area contributed by atoms with Crippen molar-refractivity contribution in [3.05, 3.63) is 24.3 Å². The summed E-state index contributed by atoms with van der Waals surface area (Å²) in [5.41, 5.74) is 1.52. The van der Waals surface area contributed by atoms with E-state index in [1.54, 1.807) is 36.2 Å². The van der Waals surface area contributed by atoms with Crippen molar-refractivity contribution >= 4 is 23.2 Å². The highest BCUT2D eigenvalue weighted by molar-refractivity contribution is 5.93. The van der Waals surface area contributed by atoms with E-state index in [0.29, 0.717) is 6.54 Å². The van der Waals surface area contributed by atoms with Gasteiger partial charge in [0, 0.05) is 25.3 Å². The lowest BCUT2D eigenvalue weighted by atomic mass is 10.2. The quantitative estimate of drug-likeness (QED) is 0.824. The molecule has 98 valence electrons. The van der Waals surface area contributed by atoms with E-state index in [0.717, 1.165) is 17.9 Å². The molecular weight excluding hydrogens is 230 g/mol. The van der Waals surface area contributed by atoms with Gasteiger partial charge < -0.3 is 15.5 Å². The second-order valence-electron chi connectivity index (χ2n) is 3.95. The first-order valence-corrected chi connectivity index (χ1v) is 5.89. The maximum atomic E-state index is 11.5. The smallest absolute Gasteiger partial charge is 0.238 e. The molecule has 1 aromatic rings. The molecule has 0 spiro atoms. The fraction of sp³-hybridized carbons (Fsp3) is 0.385. The van der Waals surface area contributed by atoms with Crippen LogP contribution in [-0.4, -0.2) is 32.0 Å². The first-order valence-electron chi connectivity index (χ1n) is 5.89. The van der Waals surface area contributed by atoms with Crippen molar-refractivity contribution in [2.45, 2.75) is 13.8 Å². The van der Waals surface area contributed by atoms with Crippen LogP contribution in [0, 0.1) is 0 Å². The van der Waals surface area contributed by atoms with Gasteiger partial charge in [-0.05, 0) is 30.8 Å². The predicted molar refractivity (Wildman–Crippen MR) is 72.7 cm³/mol. The van der Waals surface area contributed by atoms with Gasteiger partial charge in [0.25, 0.3) is 0 Å². The summed E-state index contributed by atoms with van der Waals surface area (Å²) >= 11 is 0. The first kappa shape index (κ1) is 14.2. The number of hydrogen-bond donors (Lipinski definition) is 2. The number of nitrogens with zero attached hydrogens (tertiary/aromatic N) is 1. The number of anilines is 2. The second-order valence-corrected chi connectivity index (χ2v) is 3.95. The molecule has 0 atom stereocenters. The van der Waals surface area contributed by atoms with Crippen LogP contribution >= 0.6 is 0 Å². The van der Waals surface area contributed by atoms with Crippen molar-refractivity contribution in [2.24, 2.45) is 0 Å². The van der Waals surface area contributed by atoms with Crippen molar-refractivity contribution in [3.8, 4) is 0 Å². The van der Waals surface area contributed by atoms with Gasteiger partial charge in [0.05, 0.1) is 6.54 Å². The van der Waals surface area contributed by atoms with Crippen LogP contribution in [0.2, 0.25) is 0 Å². The zero-order valence-electron chi connectivity index (χ0n) is 11.0. The van der Waals surface area contributed by atoms with E-state index in [4.69, 9.17) is 0 Å². The molecule has 0 aliphatic heterocycles.